The molecule has 5 heteroatoms. The molecule has 0 bridgehead atoms. The molecule has 4 nitrogen and oxygen atoms in total. The fraction of sp³-hybridized carbons (Fsp3) is 0.611. The molecule has 0 spiro atoms. The van der Waals surface area contributed by atoms with Crippen LogP contribution < -0.4 is 0 Å². The number of ether oxygens (including phenoxy) is 1. The van der Waals surface area contributed by atoms with Crippen LogP contribution in [0.4, 0.5) is 0 Å². The van der Waals surface area contributed by atoms with E-state index in [-0.39, 0.29) is 5.91 Å². The van der Waals surface area contributed by atoms with Crippen molar-refractivity contribution in [2.24, 2.45) is 5.92 Å². The van der Waals surface area contributed by atoms with Gasteiger partial charge in [-0.25, -0.2) is 0 Å². The SMILES string of the molecule is Cc1cc(Cl)c(C(=O)N2CCN(C[C@H]3CCOC3)CC2)cc1C. The van der Waals surface area contributed by atoms with Crippen LogP contribution in [-0.2, 0) is 4.74 Å². The third-order valence-corrected chi connectivity index (χ3v) is 5.33. The van der Waals surface area contributed by atoms with Crippen molar-refractivity contribution >= 4 is 17.5 Å². The van der Waals surface area contributed by atoms with Crippen LogP contribution in [0, 0.1) is 19.8 Å². The second kappa shape index (κ2) is 7.20. The van der Waals surface area contributed by atoms with Crippen LogP contribution in [0.2, 0.25) is 5.02 Å². The Hall–Kier alpha value is -1.10. The number of hydrogen-bond acceptors (Lipinski definition) is 3. The first kappa shape index (κ1) is 16.7. The Balaban J connectivity index is 1.58. The molecule has 0 radical (unpaired) electrons. The van der Waals surface area contributed by atoms with Gasteiger partial charge in [-0.05, 0) is 49.4 Å². The van der Waals surface area contributed by atoms with E-state index in [1.807, 2.05) is 30.9 Å². The lowest BCUT2D eigenvalue weighted by Crippen LogP contribution is -2.49. The van der Waals surface area contributed by atoms with E-state index in [0.29, 0.717) is 16.5 Å². The van der Waals surface area contributed by atoms with E-state index in [0.717, 1.165) is 63.5 Å². The van der Waals surface area contributed by atoms with Gasteiger partial charge in [0.1, 0.15) is 0 Å². The van der Waals surface area contributed by atoms with Crippen molar-refractivity contribution in [2.75, 3.05) is 45.9 Å². The van der Waals surface area contributed by atoms with Crippen molar-refractivity contribution in [1.82, 2.24) is 9.80 Å². The number of rotatable bonds is 3. The van der Waals surface area contributed by atoms with Crippen LogP contribution in [0.5, 0.6) is 0 Å². The summed E-state index contributed by atoms with van der Waals surface area (Å²) in [6, 6.07) is 3.81. The summed E-state index contributed by atoms with van der Waals surface area (Å²) >= 11 is 6.29. The lowest BCUT2D eigenvalue weighted by atomic mass is 10.0. The van der Waals surface area contributed by atoms with Crippen molar-refractivity contribution in [1.29, 1.82) is 0 Å². The Kier molecular flexibility index (Phi) is 5.24. The zero-order valence-corrected chi connectivity index (χ0v) is 14.7. The van der Waals surface area contributed by atoms with Crippen LogP contribution in [0.25, 0.3) is 0 Å². The highest BCUT2D eigenvalue weighted by Gasteiger charge is 2.26. The Morgan fingerprint density at radius 2 is 1.91 bits per heavy atom. The molecule has 0 unspecified atom stereocenters. The lowest BCUT2D eigenvalue weighted by Gasteiger charge is -2.36. The van der Waals surface area contributed by atoms with E-state index in [1.165, 1.54) is 0 Å². The number of nitrogens with zero attached hydrogens (tertiary/aromatic N) is 2. The fourth-order valence-corrected chi connectivity index (χ4v) is 3.64. The molecule has 2 saturated heterocycles. The van der Waals surface area contributed by atoms with Gasteiger partial charge >= 0.3 is 0 Å². The highest BCUT2D eigenvalue weighted by atomic mass is 35.5. The van der Waals surface area contributed by atoms with Crippen LogP contribution >= 0.6 is 11.6 Å². The molecule has 0 aliphatic carbocycles. The first-order valence-electron chi connectivity index (χ1n) is 8.40. The molecule has 2 aliphatic rings. The summed E-state index contributed by atoms with van der Waals surface area (Å²) in [5.74, 6) is 0.716. The maximum atomic E-state index is 12.7. The molecular weight excluding hydrogens is 312 g/mol. The molecule has 23 heavy (non-hydrogen) atoms. The molecule has 0 aromatic heterocycles. The van der Waals surface area contributed by atoms with Crippen LogP contribution in [0.15, 0.2) is 12.1 Å². The van der Waals surface area contributed by atoms with Crippen molar-refractivity contribution < 1.29 is 9.53 Å². The second-order valence-corrected chi connectivity index (χ2v) is 7.15. The summed E-state index contributed by atoms with van der Waals surface area (Å²) in [4.78, 5) is 17.1. The van der Waals surface area contributed by atoms with E-state index >= 15 is 0 Å². The van der Waals surface area contributed by atoms with E-state index < -0.39 is 0 Å². The Morgan fingerprint density at radius 3 is 2.57 bits per heavy atom. The molecule has 1 atom stereocenters. The number of hydrogen-bond donors (Lipinski definition) is 0. The third kappa shape index (κ3) is 3.87. The fourth-order valence-electron chi connectivity index (χ4n) is 3.34. The van der Waals surface area contributed by atoms with Gasteiger partial charge in [0.2, 0.25) is 0 Å². The van der Waals surface area contributed by atoms with Gasteiger partial charge < -0.3 is 9.64 Å². The maximum Gasteiger partial charge on any atom is 0.255 e. The number of piperazine rings is 1. The minimum Gasteiger partial charge on any atom is -0.381 e. The first-order chi connectivity index (χ1) is 11.0. The summed E-state index contributed by atoms with van der Waals surface area (Å²) in [6.45, 7) is 10.3. The highest BCUT2D eigenvalue weighted by molar-refractivity contribution is 6.34. The molecule has 2 fully saturated rings. The van der Waals surface area contributed by atoms with Gasteiger partial charge in [-0.1, -0.05) is 11.6 Å². The number of amides is 1. The van der Waals surface area contributed by atoms with Crippen LogP contribution in [0.1, 0.15) is 27.9 Å². The minimum absolute atomic E-state index is 0.0574. The number of carbonyl (C=O) groups excluding carboxylic acids is 1. The lowest BCUT2D eigenvalue weighted by molar-refractivity contribution is 0.0611. The monoisotopic (exact) mass is 336 g/mol. The van der Waals surface area contributed by atoms with E-state index in [1.54, 1.807) is 0 Å². The summed E-state index contributed by atoms with van der Waals surface area (Å²) in [5.41, 5.74) is 2.86. The van der Waals surface area contributed by atoms with Crippen molar-refractivity contribution in [3.05, 3.63) is 33.8 Å². The number of halogens is 1. The molecular formula is C18H25ClN2O2. The molecule has 1 aromatic carbocycles. The topological polar surface area (TPSA) is 32.8 Å². The van der Waals surface area contributed by atoms with Crippen LogP contribution in [0.3, 0.4) is 0 Å². The maximum absolute atomic E-state index is 12.7. The molecule has 1 aromatic rings. The second-order valence-electron chi connectivity index (χ2n) is 6.74. The number of carbonyl (C=O) groups is 1. The quantitative estimate of drug-likeness (QED) is 0.851. The molecule has 0 saturated carbocycles. The van der Waals surface area contributed by atoms with E-state index in [2.05, 4.69) is 4.90 Å². The Morgan fingerprint density at radius 1 is 1.22 bits per heavy atom. The first-order valence-corrected chi connectivity index (χ1v) is 8.78. The normalized spacial score (nSPS) is 22.6. The van der Waals surface area contributed by atoms with E-state index in [4.69, 9.17) is 16.3 Å². The average molecular weight is 337 g/mol. The predicted octanol–water partition coefficient (Wildman–Crippen LogP) is 2.75. The summed E-state index contributed by atoms with van der Waals surface area (Å²) in [5, 5.41) is 0.559. The van der Waals surface area contributed by atoms with Crippen molar-refractivity contribution in [3.63, 3.8) is 0 Å². The number of benzene rings is 1. The molecule has 0 N–H and O–H groups in total. The van der Waals surface area contributed by atoms with Gasteiger partial charge in [0.15, 0.2) is 0 Å². The van der Waals surface area contributed by atoms with Gasteiger partial charge in [0.25, 0.3) is 5.91 Å². The summed E-state index contributed by atoms with van der Waals surface area (Å²) in [6.07, 6.45) is 1.16. The largest absolute Gasteiger partial charge is 0.381 e. The molecule has 2 aliphatic heterocycles. The Bertz CT molecular complexity index is 577. The zero-order chi connectivity index (χ0) is 16.4. The van der Waals surface area contributed by atoms with Gasteiger partial charge in [-0.3, -0.25) is 9.69 Å². The standard InChI is InChI=1S/C18H25ClN2O2/c1-13-9-16(17(19)10-14(13)2)18(22)21-6-4-20(5-7-21)11-15-3-8-23-12-15/h9-10,15H,3-8,11-12H2,1-2H3/t15-/m1/s1. The van der Waals surface area contributed by atoms with Crippen molar-refractivity contribution in [3.8, 4) is 0 Å². The summed E-state index contributed by atoms with van der Waals surface area (Å²) < 4.78 is 5.44. The number of aryl methyl sites for hydroxylation is 2. The predicted molar refractivity (Wildman–Crippen MR) is 92.2 cm³/mol. The third-order valence-electron chi connectivity index (χ3n) is 5.01. The van der Waals surface area contributed by atoms with E-state index in [9.17, 15) is 4.79 Å². The van der Waals surface area contributed by atoms with Gasteiger partial charge in [0.05, 0.1) is 17.2 Å². The molecule has 1 amide bonds. The Labute approximate surface area is 143 Å². The smallest absolute Gasteiger partial charge is 0.255 e. The average Bonchev–Trinajstić information content (AvgIpc) is 3.04. The highest BCUT2D eigenvalue weighted by Crippen LogP contribution is 2.23. The molecule has 3 rings (SSSR count). The van der Waals surface area contributed by atoms with Crippen LogP contribution in [-0.4, -0.2) is 61.6 Å². The molecule has 126 valence electrons. The minimum atomic E-state index is 0.0574. The van der Waals surface area contributed by atoms with Gasteiger partial charge in [0, 0.05) is 39.3 Å². The van der Waals surface area contributed by atoms with Gasteiger partial charge in [-0.2, -0.15) is 0 Å². The zero-order valence-electron chi connectivity index (χ0n) is 14.0. The van der Waals surface area contributed by atoms with Gasteiger partial charge in [-0.15, -0.1) is 0 Å². The van der Waals surface area contributed by atoms with Crippen molar-refractivity contribution in [2.45, 2.75) is 20.3 Å². The molecule has 2 heterocycles. The summed E-state index contributed by atoms with van der Waals surface area (Å²) in [7, 11) is 0.